The molecule has 2 aliphatic rings. The second kappa shape index (κ2) is 9.57. The van der Waals surface area contributed by atoms with Crippen molar-refractivity contribution in [1.82, 2.24) is 20.0 Å². The van der Waals surface area contributed by atoms with E-state index in [1.165, 1.54) is 17.0 Å². The summed E-state index contributed by atoms with van der Waals surface area (Å²) in [5.41, 5.74) is 4.84. The van der Waals surface area contributed by atoms with Crippen molar-refractivity contribution < 1.29 is 9.18 Å². The van der Waals surface area contributed by atoms with Crippen molar-refractivity contribution in [3.8, 4) is 11.3 Å². The summed E-state index contributed by atoms with van der Waals surface area (Å²) < 4.78 is 15.0. The summed E-state index contributed by atoms with van der Waals surface area (Å²) >= 11 is 1.76. The fourth-order valence-corrected chi connectivity index (χ4v) is 5.70. The molecule has 0 unspecified atom stereocenters. The lowest BCUT2D eigenvalue weighted by Crippen LogP contribution is -2.47. The van der Waals surface area contributed by atoms with Gasteiger partial charge in [0.25, 0.3) is 5.91 Å². The maximum atomic E-state index is 13.1. The molecule has 0 saturated carbocycles. The summed E-state index contributed by atoms with van der Waals surface area (Å²) in [4.78, 5) is 18.8. The molecule has 1 N–H and O–H groups in total. The van der Waals surface area contributed by atoms with E-state index in [4.69, 9.17) is 0 Å². The zero-order chi connectivity index (χ0) is 22.8. The standard InChI is InChI=1S/C25H28FN5OS/c1-29-24-20-5-2-3-6-22(20)33-17-21(24)23(28-29)25(32)27-11-4-12-30-13-15-31(16-14-30)19-9-7-18(26)8-10-19/h2-3,5-10H,4,11-17H2,1H3,(H,27,32). The van der Waals surface area contributed by atoms with Crippen LogP contribution in [0.5, 0.6) is 0 Å². The number of thioether (sulfide) groups is 1. The fraction of sp³-hybridized carbons (Fsp3) is 0.360. The van der Waals surface area contributed by atoms with Crippen LogP contribution in [0.15, 0.2) is 53.4 Å². The second-order valence-electron chi connectivity index (χ2n) is 8.50. The summed E-state index contributed by atoms with van der Waals surface area (Å²) in [6.45, 7) is 5.37. The number of hydrogen-bond donors (Lipinski definition) is 1. The topological polar surface area (TPSA) is 53.4 Å². The van der Waals surface area contributed by atoms with Gasteiger partial charge in [-0.25, -0.2) is 4.39 Å². The lowest BCUT2D eigenvalue weighted by molar-refractivity contribution is 0.0945. The molecule has 1 saturated heterocycles. The van der Waals surface area contributed by atoms with Crippen LogP contribution in [0.2, 0.25) is 0 Å². The minimum absolute atomic E-state index is 0.0899. The molecule has 3 heterocycles. The average molecular weight is 466 g/mol. The largest absolute Gasteiger partial charge is 0.369 e. The minimum Gasteiger partial charge on any atom is -0.369 e. The van der Waals surface area contributed by atoms with Gasteiger partial charge in [-0.3, -0.25) is 14.4 Å². The summed E-state index contributed by atoms with van der Waals surface area (Å²) in [5, 5.41) is 7.62. The normalized spacial score (nSPS) is 15.8. The van der Waals surface area contributed by atoms with Gasteiger partial charge in [-0.05, 0) is 43.3 Å². The van der Waals surface area contributed by atoms with Crippen LogP contribution in [0.3, 0.4) is 0 Å². The summed E-state index contributed by atoms with van der Waals surface area (Å²) in [6.07, 6.45) is 0.898. The Hall–Kier alpha value is -2.84. The highest BCUT2D eigenvalue weighted by Crippen LogP contribution is 2.42. The number of amides is 1. The molecule has 3 aromatic rings. The Morgan fingerprint density at radius 1 is 1.09 bits per heavy atom. The highest BCUT2D eigenvalue weighted by Gasteiger charge is 2.27. The van der Waals surface area contributed by atoms with E-state index in [0.717, 1.165) is 67.4 Å². The molecular formula is C25H28FN5OS. The molecule has 172 valence electrons. The van der Waals surface area contributed by atoms with Crippen LogP contribution in [-0.2, 0) is 12.8 Å². The maximum Gasteiger partial charge on any atom is 0.272 e. The average Bonchev–Trinajstić information content (AvgIpc) is 3.20. The first-order valence-corrected chi connectivity index (χ1v) is 12.4. The van der Waals surface area contributed by atoms with Gasteiger partial charge < -0.3 is 10.2 Å². The monoisotopic (exact) mass is 465 g/mol. The van der Waals surface area contributed by atoms with Gasteiger partial charge >= 0.3 is 0 Å². The molecular weight excluding hydrogens is 437 g/mol. The van der Waals surface area contributed by atoms with Crippen molar-refractivity contribution in [3.05, 3.63) is 65.6 Å². The first-order chi connectivity index (χ1) is 16.1. The third-order valence-electron chi connectivity index (χ3n) is 6.38. The third-order valence-corrected chi connectivity index (χ3v) is 7.48. The summed E-state index contributed by atoms with van der Waals surface area (Å²) in [5.74, 6) is 0.476. The molecule has 0 spiro atoms. The molecule has 8 heteroatoms. The zero-order valence-electron chi connectivity index (χ0n) is 18.8. The van der Waals surface area contributed by atoms with Crippen LogP contribution in [0.4, 0.5) is 10.1 Å². The van der Waals surface area contributed by atoms with E-state index in [2.05, 4.69) is 32.3 Å². The van der Waals surface area contributed by atoms with Gasteiger partial charge in [0, 0.05) is 67.2 Å². The number of fused-ring (bicyclic) bond motifs is 3. The van der Waals surface area contributed by atoms with Crippen LogP contribution >= 0.6 is 11.8 Å². The molecule has 0 bridgehead atoms. The van der Waals surface area contributed by atoms with Crippen molar-refractivity contribution >= 4 is 23.4 Å². The van der Waals surface area contributed by atoms with Gasteiger partial charge in [0.15, 0.2) is 5.69 Å². The van der Waals surface area contributed by atoms with Gasteiger partial charge in [-0.15, -0.1) is 11.8 Å². The molecule has 1 amide bonds. The molecule has 0 radical (unpaired) electrons. The Morgan fingerprint density at radius 3 is 2.64 bits per heavy atom. The van der Waals surface area contributed by atoms with Crippen molar-refractivity contribution in [3.63, 3.8) is 0 Å². The number of aryl methyl sites for hydroxylation is 1. The number of piperazine rings is 1. The lowest BCUT2D eigenvalue weighted by Gasteiger charge is -2.36. The van der Waals surface area contributed by atoms with E-state index in [0.29, 0.717) is 12.2 Å². The number of benzene rings is 2. The number of rotatable bonds is 6. The van der Waals surface area contributed by atoms with E-state index in [-0.39, 0.29) is 11.7 Å². The number of nitrogens with zero attached hydrogens (tertiary/aromatic N) is 4. The predicted molar refractivity (Wildman–Crippen MR) is 130 cm³/mol. The van der Waals surface area contributed by atoms with E-state index >= 15 is 0 Å². The van der Waals surface area contributed by atoms with E-state index < -0.39 is 0 Å². The molecule has 5 rings (SSSR count). The highest BCUT2D eigenvalue weighted by molar-refractivity contribution is 7.98. The maximum absolute atomic E-state index is 13.1. The molecule has 1 aromatic heterocycles. The van der Waals surface area contributed by atoms with E-state index in [1.54, 1.807) is 11.8 Å². The van der Waals surface area contributed by atoms with Gasteiger partial charge in [-0.2, -0.15) is 5.10 Å². The van der Waals surface area contributed by atoms with Gasteiger partial charge in [-0.1, -0.05) is 18.2 Å². The highest BCUT2D eigenvalue weighted by atomic mass is 32.2. The molecule has 2 aliphatic heterocycles. The lowest BCUT2D eigenvalue weighted by atomic mass is 10.1. The van der Waals surface area contributed by atoms with Crippen molar-refractivity contribution in [2.45, 2.75) is 17.1 Å². The van der Waals surface area contributed by atoms with Crippen LogP contribution in [0, 0.1) is 5.82 Å². The molecule has 0 atom stereocenters. The number of carbonyl (C=O) groups is 1. The van der Waals surface area contributed by atoms with E-state index in [9.17, 15) is 9.18 Å². The van der Waals surface area contributed by atoms with Gasteiger partial charge in [0.05, 0.1) is 5.69 Å². The molecule has 2 aromatic carbocycles. The fourth-order valence-electron chi connectivity index (χ4n) is 4.63. The number of halogens is 1. The van der Waals surface area contributed by atoms with Crippen molar-refractivity contribution in [2.24, 2.45) is 7.05 Å². The first kappa shape index (κ1) is 22.0. The van der Waals surface area contributed by atoms with Crippen molar-refractivity contribution in [2.75, 3.05) is 44.2 Å². The smallest absolute Gasteiger partial charge is 0.272 e. The van der Waals surface area contributed by atoms with Crippen LogP contribution < -0.4 is 10.2 Å². The third kappa shape index (κ3) is 4.63. The number of anilines is 1. The number of nitrogens with one attached hydrogen (secondary N) is 1. The Bertz CT molecular complexity index is 1140. The number of carbonyl (C=O) groups excluding carboxylic acids is 1. The quantitative estimate of drug-likeness (QED) is 0.562. The molecule has 0 aliphatic carbocycles. The Morgan fingerprint density at radius 2 is 1.85 bits per heavy atom. The molecule has 6 nitrogen and oxygen atoms in total. The van der Waals surface area contributed by atoms with Crippen LogP contribution in [-0.4, -0.2) is 59.9 Å². The Labute approximate surface area is 197 Å². The SMILES string of the molecule is Cn1nc(C(=O)NCCCN2CCN(c3ccc(F)cc3)CC2)c2c1-c1ccccc1SC2. The number of aromatic nitrogens is 2. The van der Waals surface area contributed by atoms with Crippen LogP contribution in [0.25, 0.3) is 11.3 Å². The Balaban J connectivity index is 1.11. The molecule has 33 heavy (non-hydrogen) atoms. The van der Waals surface area contributed by atoms with Gasteiger partial charge in [0.1, 0.15) is 5.82 Å². The minimum atomic E-state index is -0.200. The summed E-state index contributed by atoms with van der Waals surface area (Å²) in [7, 11) is 1.91. The molecule has 1 fully saturated rings. The first-order valence-electron chi connectivity index (χ1n) is 11.4. The van der Waals surface area contributed by atoms with Gasteiger partial charge in [0.2, 0.25) is 0 Å². The summed E-state index contributed by atoms with van der Waals surface area (Å²) in [6, 6.07) is 15.0. The Kier molecular flexibility index (Phi) is 6.37. The number of hydrogen-bond acceptors (Lipinski definition) is 5. The predicted octanol–water partition coefficient (Wildman–Crippen LogP) is 3.77. The van der Waals surface area contributed by atoms with Crippen molar-refractivity contribution in [1.29, 1.82) is 0 Å². The van der Waals surface area contributed by atoms with E-state index in [1.807, 2.05) is 36.0 Å². The van der Waals surface area contributed by atoms with Crippen LogP contribution in [0.1, 0.15) is 22.5 Å². The second-order valence-corrected chi connectivity index (χ2v) is 9.52. The zero-order valence-corrected chi connectivity index (χ0v) is 19.6.